The summed E-state index contributed by atoms with van der Waals surface area (Å²) in [5, 5.41) is 0. The summed E-state index contributed by atoms with van der Waals surface area (Å²) >= 11 is 0. The molecule has 224 valence electrons. The topological polar surface area (TPSA) is 44.1 Å². The van der Waals surface area contributed by atoms with E-state index in [4.69, 9.17) is 4.98 Å². The number of amides is 1. The molecule has 0 aromatic carbocycles. The standard InChI is InChI=1S/C32H44F3N5O/c1-24(2)11-20-39(21-12-25(3)4)31(41)27-9-10-29-36-30(26-13-18-38(19-14-26)23-32(33,34)35)28(40(29)22-27)8-7-17-37-15-5-6-16-37/h9-10,13,22,24-25H,5-6,11-12,14-21,23H2,1-4H3. The van der Waals surface area contributed by atoms with Crippen molar-refractivity contribution < 1.29 is 18.0 Å². The lowest BCUT2D eigenvalue weighted by molar-refractivity contribution is -0.144. The second kappa shape index (κ2) is 13.9. The number of rotatable bonds is 10. The third-order valence-corrected chi connectivity index (χ3v) is 7.81. The Hall–Kier alpha value is -2.83. The summed E-state index contributed by atoms with van der Waals surface area (Å²) < 4.78 is 40.7. The zero-order chi connectivity index (χ0) is 29.6. The Bertz CT molecular complexity index is 1270. The molecule has 2 aromatic rings. The highest BCUT2D eigenvalue weighted by atomic mass is 19.4. The summed E-state index contributed by atoms with van der Waals surface area (Å²) in [5.74, 6) is 7.64. The number of hydrogen-bond donors (Lipinski definition) is 0. The van der Waals surface area contributed by atoms with E-state index in [0.717, 1.165) is 31.5 Å². The van der Waals surface area contributed by atoms with Gasteiger partial charge in [-0.2, -0.15) is 13.2 Å². The highest BCUT2D eigenvalue weighted by Crippen LogP contribution is 2.28. The molecule has 2 aliphatic heterocycles. The van der Waals surface area contributed by atoms with E-state index in [-0.39, 0.29) is 12.5 Å². The molecule has 1 saturated heterocycles. The van der Waals surface area contributed by atoms with Gasteiger partial charge >= 0.3 is 6.18 Å². The van der Waals surface area contributed by atoms with Gasteiger partial charge in [0.15, 0.2) is 0 Å². The van der Waals surface area contributed by atoms with Crippen LogP contribution >= 0.6 is 0 Å². The number of halogens is 3. The summed E-state index contributed by atoms with van der Waals surface area (Å²) in [6.45, 7) is 12.4. The van der Waals surface area contributed by atoms with Gasteiger partial charge in [-0.1, -0.05) is 39.7 Å². The molecule has 0 radical (unpaired) electrons. The lowest BCUT2D eigenvalue weighted by atomic mass is 10.0. The molecule has 4 rings (SSSR count). The summed E-state index contributed by atoms with van der Waals surface area (Å²) in [6.07, 6.45) is 4.16. The van der Waals surface area contributed by atoms with E-state index in [9.17, 15) is 18.0 Å². The molecule has 1 amide bonds. The van der Waals surface area contributed by atoms with Crippen LogP contribution in [-0.4, -0.2) is 88.5 Å². The van der Waals surface area contributed by atoms with Gasteiger partial charge in [-0.25, -0.2) is 4.98 Å². The first-order chi connectivity index (χ1) is 19.5. The number of likely N-dealkylation sites (tertiary alicyclic amines) is 1. The van der Waals surface area contributed by atoms with Crippen molar-refractivity contribution in [2.45, 2.75) is 66.0 Å². The minimum Gasteiger partial charge on any atom is -0.339 e. The molecule has 4 heterocycles. The number of carbonyl (C=O) groups excluding carboxylic acids is 1. The predicted octanol–water partition coefficient (Wildman–Crippen LogP) is 5.97. The lowest BCUT2D eigenvalue weighted by Crippen LogP contribution is -2.37. The van der Waals surface area contributed by atoms with Gasteiger partial charge in [0.05, 0.1) is 18.7 Å². The molecule has 1 fully saturated rings. The zero-order valence-electron chi connectivity index (χ0n) is 24.9. The molecular formula is C32H44F3N5O. The predicted molar refractivity (Wildman–Crippen MR) is 158 cm³/mol. The SMILES string of the molecule is CC(C)CCN(CCC(C)C)C(=O)c1ccc2nc(C3=CCN(CC(F)(F)F)CC3)c(C#CCN3CCCC3)n2c1. The van der Waals surface area contributed by atoms with Gasteiger partial charge in [0.25, 0.3) is 5.91 Å². The number of pyridine rings is 1. The molecule has 0 aliphatic carbocycles. The first-order valence-electron chi connectivity index (χ1n) is 15.0. The van der Waals surface area contributed by atoms with Crippen LogP contribution in [-0.2, 0) is 0 Å². The van der Waals surface area contributed by atoms with E-state index in [2.05, 4.69) is 44.4 Å². The number of fused-ring (bicyclic) bond motifs is 1. The van der Waals surface area contributed by atoms with E-state index >= 15 is 0 Å². The van der Waals surface area contributed by atoms with Crippen molar-refractivity contribution in [1.29, 1.82) is 0 Å². The van der Waals surface area contributed by atoms with Crippen LogP contribution in [0, 0.1) is 23.7 Å². The van der Waals surface area contributed by atoms with E-state index in [0.29, 0.717) is 67.0 Å². The fourth-order valence-corrected chi connectivity index (χ4v) is 5.34. The Labute approximate surface area is 242 Å². The largest absolute Gasteiger partial charge is 0.401 e. The summed E-state index contributed by atoms with van der Waals surface area (Å²) in [4.78, 5) is 24.3. The molecule has 2 aliphatic rings. The highest BCUT2D eigenvalue weighted by molar-refractivity contribution is 5.94. The molecule has 0 spiro atoms. The van der Waals surface area contributed by atoms with Crippen molar-refractivity contribution in [3.8, 4) is 11.8 Å². The van der Waals surface area contributed by atoms with E-state index in [1.165, 1.54) is 17.7 Å². The molecule has 0 unspecified atom stereocenters. The zero-order valence-corrected chi connectivity index (χ0v) is 24.9. The number of imidazole rings is 1. The Balaban J connectivity index is 1.66. The molecule has 0 atom stereocenters. The van der Waals surface area contributed by atoms with Gasteiger partial charge in [0.2, 0.25) is 0 Å². The Morgan fingerprint density at radius 1 is 1.02 bits per heavy atom. The smallest absolute Gasteiger partial charge is 0.339 e. The first kappa shape index (κ1) is 31.1. The van der Waals surface area contributed by atoms with Crippen LogP contribution in [0.15, 0.2) is 24.4 Å². The van der Waals surface area contributed by atoms with Crippen molar-refractivity contribution >= 4 is 17.1 Å². The molecular weight excluding hydrogens is 527 g/mol. The van der Waals surface area contributed by atoms with Crippen molar-refractivity contribution in [3.63, 3.8) is 0 Å². The Kier molecular flexibility index (Phi) is 10.5. The minimum absolute atomic E-state index is 0.000833. The van der Waals surface area contributed by atoms with Crippen LogP contribution in [0.1, 0.15) is 81.5 Å². The van der Waals surface area contributed by atoms with Crippen molar-refractivity contribution in [3.05, 3.63) is 41.4 Å². The third-order valence-electron chi connectivity index (χ3n) is 7.81. The molecule has 0 bridgehead atoms. The van der Waals surface area contributed by atoms with Crippen LogP contribution < -0.4 is 0 Å². The van der Waals surface area contributed by atoms with Crippen LogP contribution in [0.4, 0.5) is 13.2 Å². The number of hydrogen-bond acceptors (Lipinski definition) is 4. The first-order valence-corrected chi connectivity index (χ1v) is 15.0. The molecule has 0 saturated carbocycles. The summed E-state index contributed by atoms with van der Waals surface area (Å²) in [7, 11) is 0. The van der Waals surface area contributed by atoms with Gasteiger partial charge < -0.3 is 4.90 Å². The monoisotopic (exact) mass is 571 g/mol. The van der Waals surface area contributed by atoms with Crippen LogP contribution in [0.25, 0.3) is 11.2 Å². The Morgan fingerprint density at radius 2 is 1.71 bits per heavy atom. The van der Waals surface area contributed by atoms with Gasteiger partial charge in [0, 0.05) is 32.4 Å². The van der Waals surface area contributed by atoms with Crippen LogP contribution in [0.5, 0.6) is 0 Å². The minimum atomic E-state index is -4.22. The second-order valence-corrected chi connectivity index (χ2v) is 12.2. The summed E-state index contributed by atoms with van der Waals surface area (Å²) in [5.41, 5.74) is 3.56. The Morgan fingerprint density at radius 3 is 2.29 bits per heavy atom. The molecule has 0 N–H and O–H groups in total. The number of aromatic nitrogens is 2. The van der Waals surface area contributed by atoms with Crippen molar-refractivity contribution in [1.82, 2.24) is 24.1 Å². The average Bonchev–Trinajstić information content (AvgIpc) is 3.55. The average molecular weight is 572 g/mol. The lowest BCUT2D eigenvalue weighted by Gasteiger charge is -2.26. The fraction of sp³-hybridized carbons (Fsp3) is 0.625. The molecule has 2 aromatic heterocycles. The second-order valence-electron chi connectivity index (χ2n) is 12.2. The number of carbonyl (C=O) groups is 1. The van der Waals surface area contributed by atoms with Crippen molar-refractivity contribution in [2.75, 3.05) is 52.4 Å². The molecule has 41 heavy (non-hydrogen) atoms. The van der Waals surface area contributed by atoms with E-state index < -0.39 is 12.7 Å². The van der Waals surface area contributed by atoms with Gasteiger partial charge in [-0.05, 0) is 80.7 Å². The molecule has 6 nitrogen and oxygen atoms in total. The number of nitrogens with zero attached hydrogens (tertiary/aromatic N) is 5. The molecule has 9 heteroatoms. The number of alkyl halides is 3. The maximum absolute atomic E-state index is 13.7. The van der Waals surface area contributed by atoms with Crippen molar-refractivity contribution in [2.24, 2.45) is 11.8 Å². The highest BCUT2D eigenvalue weighted by Gasteiger charge is 2.31. The van der Waals surface area contributed by atoms with E-state index in [1.807, 2.05) is 33.7 Å². The maximum Gasteiger partial charge on any atom is 0.401 e. The normalized spacial score (nSPS) is 16.9. The van der Waals surface area contributed by atoms with Crippen LogP contribution in [0.3, 0.4) is 0 Å². The fourth-order valence-electron chi connectivity index (χ4n) is 5.34. The van der Waals surface area contributed by atoms with Gasteiger partial charge in [-0.3, -0.25) is 19.0 Å². The van der Waals surface area contributed by atoms with Crippen LogP contribution in [0.2, 0.25) is 0 Å². The van der Waals surface area contributed by atoms with Gasteiger partial charge in [0.1, 0.15) is 17.0 Å². The summed E-state index contributed by atoms with van der Waals surface area (Å²) in [6, 6.07) is 3.68. The third kappa shape index (κ3) is 8.83. The van der Waals surface area contributed by atoms with E-state index in [1.54, 1.807) is 0 Å². The van der Waals surface area contributed by atoms with Gasteiger partial charge in [-0.15, -0.1) is 0 Å². The quantitative estimate of drug-likeness (QED) is 0.330. The maximum atomic E-state index is 13.7.